The van der Waals surface area contributed by atoms with E-state index in [0.29, 0.717) is 41.3 Å². The first-order valence-corrected chi connectivity index (χ1v) is 11.1. The maximum atomic E-state index is 12.1. The number of anilines is 1. The molecule has 1 aromatic heterocycles. The molecule has 3 aromatic rings. The molecule has 1 atom stereocenters. The SMILES string of the molecule is CNc1nc(-c2ccc(OP(C)O)cc2)n(CCOc2ccc(Cl)cc2)c1C(N)=O. The molecule has 0 radical (unpaired) electrons. The second-order valence-electron chi connectivity index (χ2n) is 6.28. The van der Waals surface area contributed by atoms with Crippen molar-refractivity contribution < 1.29 is 18.9 Å². The molecule has 0 fully saturated rings. The lowest BCUT2D eigenvalue weighted by Gasteiger charge is -2.13. The predicted octanol–water partition coefficient (Wildman–Crippen LogP) is 3.74. The van der Waals surface area contributed by atoms with Gasteiger partial charge in [0.15, 0.2) is 11.5 Å². The van der Waals surface area contributed by atoms with Crippen molar-refractivity contribution in [3.05, 3.63) is 59.2 Å². The van der Waals surface area contributed by atoms with Gasteiger partial charge in [-0.3, -0.25) is 4.79 Å². The molecule has 0 bridgehead atoms. The number of ether oxygens (including phenoxy) is 1. The number of nitrogens with zero attached hydrogens (tertiary/aromatic N) is 2. The van der Waals surface area contributed by atoms with E-state index in [1.165, 1.54) is 0 Å². The lowest BCUT2D eigenvalue weighted by atomic mass is 10.2. The molecule has 158 valence electrons. The van der Waals surface area contributed by atoms with Crippen LogP contribution in [0.25, 0.3) is 11.4 Å². The molecule has 0 aliphatic carbocycles. The van der Waals surface area contributed by atoms with Crippen LogP contribution in [0.5, 0.6) is 11.5 Å². The van der Waals surface area contributed by atoms with Gasteiger partial charge in [0, 0.05) is 24.3 Å². The molecule has 1 unspecified atom stereocenters. The number of aromatic nitrogens is 2. The van der Waals surface area contributed by atoms with Crippen LogP contribution in [0.3, 0.4) is 0 Å². The van der Waals surface area contributed by atoms with Crippen LogP contribution in [0.4, 0.5) is 5.82 Å². The van der Waals surface area contributed by atoms with Crippen LogP contribution in [-0.2, 0) is 6.54 Å². The van der Waals surface area contributed by atoms with Gasteiger partial charge in [-0.15, -0.1) is 0 Å². The van der Waals surface area contributed by atoms with Crippen molar-refractivity contribution >= 4 is 31.7 Å². The molecular formula is C20H22ClN4O4P. The van der Waals surface area contributed by atoms with Gasteiger partial charge >= 0.3 is 0 Å². The predicted molar refractivity (Wildman–Crippen MR) is 118 cm³/mol. The Bertz CT molecular complexity index is 1010. The van der Waals surface area contributed by atoms with Crippen LogP contribution < -0.4 is 20.3 Å². The average molecular weight is 449 g/mol. The van der Waals surface area contributed by atoms with E-state index in [2.05, 4.69) is 10.3 Å². The topological polar surface area (TPSA) is 112 Å². The van der Waals surface area contributed by atoms with Gasteiger partial charge in [0.05, 0.1) is 6.54 Å². The molecule has 1 heterocycles. The number of hydrogen-bond acceptors (Lipinski definition) is 6. The second kappa shape index (κ2) is 9.80. The number of rotatable bonds is 9. The fourth-order valence-corrected chi connectivity index (χ4v) is 3.47. The first-order valence-electron chi connectivity index (χ1n) is 9.06. The first kappa shape index (κ1) is 21.9. The molecule has 0 saturated heterocycles. The Hall–Kier alpha value is -2.80. The van der Waals surface area contributed by atoms with Crippen LogP contribution in [-0.4, -0.2) is 40.7 Å². The molecule has 4 N–H and O–H groups in total. The zero-order valence-electron chi connectivity index (χ0n) is 16.5. The van der Waals surface area contributed by atoms with Gasteiger partial charge in [-0.05, 0) is 48.5 Å². The van der Waals surface area contributed by atoms with Crippen LogP contribution >= 0.6 is 20.0 Å². The maximum absolute atomic E-state index is 12.1. The number of nitrogens with two attached hydrogens (primary N) is 1. The molecule has 2 aromatic carbocycles. The zero-order valence-corrected chi connectivity index (χ0v) is 18.2. The summed E-state index contributed by atoms with van der Waals surface area (Å²) in [6, 6.07) is 14.1. The van der Waals surface area contributed by atoms with Gasteiger partial charge in [-0.2, -0.15) is 0 Å². The van der Waals surface area contributed by atoms with E-state index in [1.54, 1.807) is 66.8 Å². The normalized spacial score (nSPS) is 11.7. The third-order valence-corrected chi connectivity index (χ3v) is 4.91. The number of benzene rings is 2. The van der Waals surface area contributed by atoms with E-state index < -0.39 is 14.3 Å². The van der Waals surface area contributed by atoms with E-state index in [4.69, 9.17) is 26.6 Å². The van der Waals surface area contributed by atoms with E-state index in [9.17, 15) is 9.69 Å². The van der Waals surface area contributed by atoms with Crippen molar-refractivity contribution in [3.8, 4) is 22.9 Å². The summed E-state index contributed by atoms with van der Waals surface area (Å²) in [7, 11) is 0.167. The molecule has 0 aliphatic rings. The van der Waals surface area contributed by atoms with Crippen molar-refractivity contribution in [2.75, 3.05) is 25.6 Å². The summed E-state index contributed by atoms with van der Waals surface area (Å²) in [6.45, 7) is 2.23. The highest BCUT2D eigenvalue weighted by molar-refractivity contribution is 7.45. The smallest absolute Gasteiger partial charge is 0.269 e. The minimum Gasteiger partial charge on any atom is -0.492 e. The third-order valence-electron chi connectivity index (χ3n) is 4.19. The fraction of sp³-hybridized carbons (Fsp3) is 0.200. The molecular weight excluding hydrogens is 427 g/mol. The molecule has 0 saturated carbocycles. The minimum absolute atomic E-state index is 0.264. The Morgan fingerprint density at radius 1 is 1.20 bits per heavy atom. The highest BCUT2D eigenvalue weighted by Gasteiger charge is 2.21. The number of imidazole rings is 1. The number of carbonyl (C=O) groups is 1. The maximum Gasteiger partial charge on any atom is 0.269 e. The molecule has 10 heteroatoms. The summed E-state index contributed by atoms with van der Waals surface area (Å²) in [6.07, 6.45) is 0. The van der Waals surface area contributed by atoms with Gasteiger partial charge in [0.1, 0.15) is 23.9 Å². The number of nitrogens with one attached hydrogen (secondary N) is 1. The number of hydrogen-bond donors (Lipinski definition) is 3. The molecule has 3 rings (SSSR count). The Labute approximate surface area is 180 Å². The second-order valence-corrected chi connectivity index (χ2v) is 7.83. The monoisotopic (exact) mass is 448 g/mol. The Morgan fingerprint density at radius 2 is 1.83 bits per heavy atom. The fourth-order valence-electron chi connectivity index (χ4n) is 2.92. The average Bonchev–Trinajstić information content (AvgIpc) is 3.08. The van der Waals surface area contributed by atoms with Gasteiger partial charge in [0.25, 0.3) is 5.91 Å². The quantitative estimate of drug-likeness (QED) is 0.430. The highest BCUT2D eigenvalue weighted by Crippen LogP contribution is 2.32. The largest absolute Gasteiger partial charge is 0.492 e. The highest BCUT2D eigenvalue weighted by atomic mass is 35.5. The van der Waals surface area contributed by atoms with Gasteiger partial charge in [-0.25, -0.2) is 4.98 Å². The van der Waals surface area contributed by atoms with Crippen LogP contribution in [0.1, 0.15) is 10.5 Å². The van der Waals surface area contributed by atoms with Crippen LogP contribution in [0.15, 0.2) is 48.5 Å². The van der Waals surface area contributed by atoms with E-state index >= 15 is 0 Å². The number of carbonyl (C=O) groups excluding carboxylic acids is 1. The molecule has 1 amide bonds. The summed E-state index contributed by atoms with van der Waals surface area (Å²) in [5.41, 5.74) is 6.64. The zero-order chi connectivity index (χ0) is 21.7. The van der Waals surface area contributed by atoms with Gasteiger partial charge in [0.2, 0.25) is 8.38 Å². The van der Waals surface area contributed by atoms with Crippen molar-refractivity contribution in [3.63, 3.8) is 0 Å². The lowest BCUT2D eigenvalue weighted by molar-refractivity contribution is 0.0991. The standard InChI is InChI=1S/C20H22ClN4O4P/c1-23-19-17(18(22)26)25(11-12-28-15-9-5-14(21)6-10-15)20(24-19)13-3-7-16(8-4-13)29-30(2)27/h3-10,23,27H,11-12H2,1-2H3,(H2,22,26). The first-order chi connectivity index (χ1) is 14.4. The van der Waals surface area contributed by atoms with Crippen LogP contribution in [0.2, 0.25) is 5.02 Å². The summed E-state index contributed by atoms with van der Waals surface area (Å²) < 4.78 is 12.8. The lowest BCUT2D eigenvalue weighted by Crippen LogP contribution is -2.21. The Balaban J connectivity index is 1.88. The Kier molecular flexibility index (Phi) is 7.15. The third kappa shape index (κ3) is 5.21. The van der Waals surface area contributed by atoms with Crippen molar-refractivity contribution in [1.29, 1.82) is 0 Å². The van der Waals surface area contributed by atoms with E-state index in [-0.39, 0.29) is 5.69 Å². The van der Waals surface area contributed by atoms with E-state index in [0.717, 1.165) is 5.56 Å². The molecule has 8 nitrogen and oxygen atoms in total. The van der Waals surface area contributed by atoms with Crippen molar-refractivity contribution in [2.45, 2.75) is 6.54 Å². The molecule has 0 aliphatic heterocycles. The summed E-state index contributed by atoms with van der Waals surface area (Å²) >= 11 is 5.90. The number of primary amides is 1. The summed E-state index contributed by atoms with van der Waals surface area (Å²) in [5, 5.41) is 3.54. The number of halogens is 1. The molecule has 0 spiro atoms. The summed E-state index contributed by atoms with van der Waals surface area (Å²) in [5.74, 6) is 1.56. The Morgan fingerprint density at radius 3 is 2.40 bits per heavy atom. The minimum atomic E-state index is -1.51. The van der Waals surface area contributed by atoms with E-state index in [1.807, 2.05) is 0 Å². The van der Waals surface area contributed by atoms with Crippen molar-refractivity contribution in [1.82, 2.24) is 9.55 Å². The number of amides is 1. The molecule has 30 heavy (non-hydrogen) atoms. The summed E-state index contributed by atoms with van der Waals surface area (Å²) in [4.78, 5) is 26.1. The van der Waals surface area contributed by atoms with Gasteiger partial charge in [-0.1, -0.05) is 11.6 Å². The van der Waals surface area contributed by atoms with Crippen LogP contribution in [0, 0.1) is 0 Å². The van der Waals surface area contributed by atoms with Crippen molar-refractivity contribution in [2.24, 2.45) is 5.73 Å². The van der Waals surface area contributed by atoms with Gasteiger partial charge < -0.3 is 29.8 Å².